The number of aryl methyl sites for hydroxylation is 2. The molecule has 114 valence electrons. The fraction of sp³-hybridized carbons (Fsp3) is 0.308. The highest BCUT2D eigenvalue weighted by Crippen LogP contribution is 2.28. The lowest BCUT2D eigenvalue weighted by Gasteiger charge is -2.16. The molecule has 21 heavy (non-hydrogen) atoms. The first kappa shape index (κ1) is 16.3. The third-order valence-electron chi connectivity index (χ3n) is 3.09. The fourth-order valence-electron chi connectivity index (χ4n) is 2.14. The van der Waals surface area contributed by atoms with Gasteiger partial charge in [0.15, 0.2) is 0 Å². The summed E-state index contributed by atoms with van der Waals surface area (Å²) in [7, 11) is -3.69. The van der Waals surface area contributed by atoms with E-state index >= 15 is 0 Å². The van der Waals surface area contributed by atoms with Gasteiger partial charge in [-0.3, -0.25) is 5.10 Å². The number of sulfonamides is 1. The maximum atomic E-state index is 12.5. The molecule has 0 saturated carbocycles. The Balaban J connectivity index is 2.32. The van der Waals surface area contributed by atoms with Gasteiger partial charge in [-0.2, -0.15) is 5.10 Å². The van der Waals surface area contributed by atoms with E-state index in [-0.39, 0.29) is 4.90 Å². The zero-order chi connectivity index (χ0) is 15.8. The Bertz CT molecular complexity index is 752. The van der Waals surface area contributed by atoms with Crippen LogP contribution >= 0.6 is 23.2 Å². The summed E-state index contributed by atoms with van der Waals surface area (Å²) in [5.74, 6) is 0. The molecule has 0 fully saturated rings. The smallest absolute Gasteiger partial charge is 0.244 e. The van der Waals surface area contributed by atoms with E-state index in [2.05, 4.69) is 14.9 Å². The van der Waals surface area contributed by atoms with Gasteiger partial charge in [-0.25, -0.2) is 13.1 Å². The van der Waals surface area contributed by atoms with Gasteiger partial charge in [-0.1, -0.05) is 29.3 Å². The van der Waals surface area contributed by atoms with Gasteiger partial charge in [0.25, 0.3) is 0 Å². The first-order valence-corrected chi connectivity index (χ1v) is 8.45. The zero-order valence-corrected chi connectivity index (χ0v) is 14.1. The molecule has 0 aliphatic rings. The molecular formula is C13H15Cl2N3O2S. The van der Waals surface area contributed by atoms with E-state index in [1.54, 1.807) is 39.0 Å². The normalized spacial score (nSPS) is 13.4. The number of nitrogens with one attached hydrogen (secondary N) is 2. The molecule has 1 aromatic carbocycles. The quantitative estimate of drug-likeness (QED) is 0.890. The van der Waals surface area contributed by atoms with Crippen LogP contribution < -0.4 is 4.72 Å². The van der Waals surface area contributed by atoms with Crippen molar-refractivity contribution in [3.8, 4) is 0 Å². The lowest BCUT2D eigenvalue weighted by atomic mass is 10.1. The molecule has 0 saturated heterocycles. The van der Waals surface area contributed by atoms with Crippen LogP contribution in [0.2, 0.25) is 10.0 Å². The van der Waals surface area contributed by atoms with Crippen molar-refractivity contribution in [3.05, 3.63) is 45.2 Å². The van der Waals surface area contributed by atoms with Crippen LogP contribution in [0.3, 0.4) is 0 Å². The molecule has 0 aliphatic heterocycles. The van der Waals surface area contributed by atoms with E-state index in [1.165, 1.54) is 0 Å². The molecule has 8 heteroatoms. The molecule has 0 aliphatic carbocycles. The lowest BCUT2D eigenvalue weighted by Crippen LogP contribution is -2.27. The second-order valence-electron chi connectivity index (χ2n) is 4.77. The molecule has 0 spiro atoms. The molecule has 1 atom stereocenters. The number of halogens is 2. The number of aromatic amines is 1. The third kappa shape index (κ3) is 3.40. The maximum Gasteiger partial charge on any atom is 0.244 e. The molecule has 0 radical (unpaired) electrons. The number of benzene rings is 1. The number of nitrogens with zero attached hydrogens (tertiary/aromatic N) is 1. The molecule has 1 heterocycles. The molecule has 5 nitrogen and oxygen atoms in total. The van der Waals surface area contributed by atoms with Crippen LogP contribution in [0, 0.1) is 13.8 Å². The van der Waals surface area contributed by atoms with E-state index in [0.29, 0.717) is 27.0 Å². The van der Waals surface area contributed by atoms with Crippen LogP contribution in [0.15, 0.2) is 23.1 Å². The molecule has 1 aromatic heterocycles. The largest absolute Gasteiger partial charge is 0.281 e. The van der Waals surface area contributed by atoms with Crippen molar-refractivity contribution in [1.29, 1.82) is 0 Å². The van der Waals surface area contributed by atoms with E-state index in [9.17, 15) is 8.42 Å². The van der Waals surface area contributed by atoms with Gasteiger partial charge in [-0.05, 0) is 38.5 Å². The number of hydrogen-bond donors (Lipinski definition) is 2. The van der Waals surface area contributed by atoms with Crippen LogP contribution in [0.4, 0.5) is 0 Å². The molecular weight excluding hydrogens is 333 g/mol. The average Bonchev–Trinajstić information content (AvgIpc) is 2.68. The molecule has 2 N–H and O–H groups in total. The van der Waals surface area contributed by atoms with Gasteiger partial charge in [0.05, 0.1) is 11.4 Å². The van der Waals surface area contributed by atoms with Gasteiger partial charge < -0.3 is 0 Å². The van der Waals surface area contributed by atoms with E-state index in [4.69, 9.17) is 23.2 Å². The first-order valence-electron chi connectivity index (χ1n) is 6.21. The summed E-state index contributed by atoms with van der Waals surface area (Å²) in [5.41, 5.74) is 1.58. The van der Waals surface area contributed by atoms with Gasteiger partial charge in [-0.15, -0.1) is 0 Å². The Morgan fingerprint density at radius 2 is 1.95 bits per heavy atom. The Kier molecular flexibility index (Phi) is 4.63. The zero-order valence-electron chi connectivity index (χ0n) is 11.7. The summed E-state index contributed by atoms with van der Waals surface area (Å²) in [5, 5.41) is 7.48. The first-order chi connectivity index (χ1) is 9.72. The maximum absolute atomic E-state index is 12.5. The van der Waals surface area contributed by atoms with E-state index in [0.717, 1.165) is 0 Å². The molecule has 1 unspecified atom stereocenters. The second-order valence-corrected chi connectivity index (χ2v) is 7.27. The Labute approximate surface area is 133 Å². The van der Waals surface area contributed by atoms with Crippen molar-refractivity contribution in [2.24, 2.45) is 0 Å². The lowest BCUT2D eigenvalue weighted by molar-refractivity contribution is 0.566. The molecule has 0 bridgehead atoms. The van der Waals surface area contributed by atoms with E-state index in [1.807, 2.05) is 0 Å². The highest BCUT2D eigenvalue weighted by molar-refractivity contribution is 7.89. The minimum atomic E-state index is -3.69. The summed E-state index contributed by atoms with van der Waals surface area (Å²) < 4.78 is 27.5. The highest BCUT2D eigenvalue weighted by atomic mass is 35.5. The summed E-state index contributed by atoms with van der Waals surface area (Å²) >= 11 is 11.9. The fourth-order valence-corrected chi connectivity index (χ4v) is 4.31. The minimum absolute atomic E-state index is 0.166. The van der Waals surface area contributed by atoms with Crippen molar-refractivity contribution >= 4 is 33.2 Å². The van der Waals surface area contributed by atoms with Crippen LogP contribution in [0.1, 0.15) is 29.9 Å². The van der Waals surface area contributed by atoms with Crippen LogP contribution in [0.5, 0.6) is 0 Å². The number of hydrogen-bond acceptors (Lipinski definition) is 3. The highest BCUT2D eigenvalue weighted by Gasteiger charge is 2.25. The predicted molar refractivity (Wildman–Crippen MR) is 83.3 cm³/mol. The summed E-state index contributed by atoms with van der Waals surface area (Å²) in [6.45, 7) is 5.02. The Morgan fingerprint density at radius 3 is 2.48 bits per heavy atom. The Hall–Kier alpha value is -1.08. The summed E-state index contributed by atoms with van der Waals surface area (Å²) in [6, 6.07) is 4.46. The van der Waals surface area contributed by atoms with Crippen molar-refractivity contribution in [2.75, 3.05) is 0 Å². The van der Waals surface area contributed by atoms with Crippen molar-refractivity contribution in [1.82, 2.24) is 14.9 Å². The second kappa shape index (κ2) is 5.96. The van der Waals surface area contributed by atoms with Gasteiger partial charge in [0.2, 0.25) is 10.0 Å². The summed E-state index contributed by atoms with van der Waals surface area (Å²) in [4.78, 5) is 0.166. The van der Waals surface area contributed by atoms with Gasteiger partial charge in [0, 0.05) is 16.1 Å². The minimum Gasteiger partial charge on any atom is -0.281 e. The molecule has 2 aromatic rings. The van der Waals surface area contributed by atoms with Crippen LogP contribution in [0.25, 0.3) is 0 Å². The SMILES string of the molecule is Cc1n[nH]c(C)c1S(=O)(=O)NC(C)c1ccc(Cl)cc1Cl. The van der Waals surface area contributed by atoms with Crippen molar-refractivity contribution < 1.29 is 8.42 Å². The van der Waals surface area contributed by atoms with Crippen LogP contribution in [-0.2, 0) is 10.0 Å². The van der Waals surface area contributed by atoms with E-state index < -0.39 is 16.1 Å². The Morgan fingerprint density at radius 1 is 1.29 bits per heavy atom. The van der Waals surface area contributed by atoms with Crippen molar-refractivity contribution in [2.45, 2.75) is 31.7 Å². The predicted octanol–water partition coefficient (Wildman–Crippen LogP) is 3.37. The molecule has 0 amide bonds. The standard InChI is InChI=1S/C13H15Cl2N3O2S/c1-7(11-5-4-10(14)6-12(11)15)18-21(19,20)13-8(2)16-17-9(13)3/h4-7,18H,1-3H3,(H,16,17). The average molecular weight is 348 g/mol. The summed E-state index contributed by atoms with van der Waals surface area (Å²) in [6.07, 6.45) is 0. The van der Waals surface area contributed by atoms with Crippen LogP contribution in [-0.4, -0.2) is 18.6 Å². The molecule has 2 rings (SSSR count). The number of aromatic nitrogens is 2. The van der Waals surface area contributed by atoms with Gasteiger partial charge in [0.1, 0.15) is 4.90 Å². The number of H-pyrrole nitrogens is 1. The monoisotopic (exact) mass is 347 g/mol. The topological polar surface area (TPSA) is 74.8 Å². The third-order valence-corrected chi connectivity index (χ3v) is 5.46. The van der Waals surface area contributed by atoms with Crippen molar-refractivity contribution in [3.63, 3.8) is 0 Å². The van der Waals surface area contributed by atoms with Gasteiger partial charge >= 0.3 is 0 Å². The number of rotatable bonds is 4.